The van der Waals surface area contributed by atoms with Crippen molar-refractivity contribution in [3.63, 3.8) is 0 Å². The summed E-state index contributed by atoms with van der Waals surface area (Å²) in [6, 6.07) is 5.39. The summed E-state index contributed by atoms with van der Waals surface area (Å²) in [5, 5.41) is 12.2. The van der Waals surface area contributed by atoms with Crippen LogP contribution in [0, 0.1) is 5.82 Å². The van der Waals surface area contributed by atoms with E-state index in [0.717, 1.165) is 24.1 Å². The van der Waals surface area contributed by atoms with Crippen LogP contribution < -0.4 is 10.2 Å². The molecule has 0 bridgehead atoms. The minimum atomic E-state index is -0.209. The molecule has 0 heterocycles. The normalized spacial score (nSPS) is 15.0. The van der Waals surface area contributed by atoms with Gasteiger partial charge < -0.3 is 15.3 Å². The molecule has 2 rings (SSSR count). The fourth-order valence-corrected chi connectivity index (χ4v) is 2.16. The summed E-state index contributed by atoms with van der Waals surface area (Å²) < 4.78 is 13.2. The number of nitrogens with zero attached hydrogens (tertiary/aromatic N) is 1. The Morgan fingerprint density at radius 3 is 2.82 bits per heavy atom. The third-order valence-corrected chi connectivity index (χ3v) is 3.05. The second-order valence-corrected chi connectivity index (χ2v) is 4.45. The first kappa shape index (κ1) is 12.3. The number of aliphatic hydroxyl groups excluding tert-OH is 1. The van der Waals surface area contributed by atoms with Gasteiger partial charge in [-0.1, -0.05) is 0 Å². The minimum absolute atomic E-state index is 0.132. The van der Waals surface area contributed by atoms with Gasteiger partial charge in [0.25, 0.3) is 0 Å². The van der Waals surface area contributed by atoms with E-state index in [9.17, 15) is 4.39 Å². The fraction of sp³-hybridized carbons (Fsp3) is 0.538. The molecule has 1 aliphatic rings. The first-order valence-corrected chi connectivity index (χ1v) is 6.06. The number of benzene rings is 1. The Balaban J connectivity index is 2.27. The fourth-order valence-electron chi connectivity index (χ4n) is 2.16. The maximum absolute atomic E-state index is 13.2. The Labute approximate surface area is 101 Å². The van der Waals surface area contributed by atoms with Gasteiger partial charge in [0, 0.05) is 24.8 Å². The highest BCUT2D eigenvalue weighted by Gasteiger charge is 2.29. The van der Waals surface area contributed by atoms with Gasteiger partial charge in [0.15, 0.2) is 0 Å². The summed E-state index contributed by atoms with van der Waals surface area (Å²) in [7, 11) is 1.85. The topological polar surface area (TPSA) is 35.5 Å². The molecule has 3 nitrogen and oxygen atoms in total. The van der Waals surface area contributed by atoms with Crippen molar-refractivity contribution in [3.05, 3.63) is 29.6 Å². The van der Waals surface area contributed by atoms with E-state index in [1.165, 1.54) is 6.07 Å². The van der Waals surface area contributed by atoms with Crippen molar-refractivity contribution < 1.29 is 9.50 Å². The number of hydrogen-bond donors (Lipinski definition) is 2. The van der Waals surface area contributed by atoms with Crippen LogP contribution in [-0.4, -0.2) is 31.3 Å². The van der Waals surface area contributed by atoms with E-state index in [1.807, 2.05) is 13.1 Å². The highest BCUT2D eigenvalue weighted by atomic mass is 19.1. The summed E-state index contributed by atoms with van der Waals surface area (Å²) in [6.45, 7) is 1.39. The van der Waals surface area contributed by atoms with Crippen LogP contribution in [0.25, 0.3) is 0 Å². The van der Waals surface area contributed by atoms with Crippen molar-refractivity contribution in [2.75, 3.05) is 25.1 Å². The molecular formula is C13H19FN2O. The Hall–Kier alpha value is -1.13. The van der Waals surface area contributed by atoms with Crippen molar-refractivity contribution >= 4 is 5.69 Å². The summed E-state index contributed by atoms with van der Waals surface area (Å²) >= 11 is 0. The van der Waals surface area contributed by atoms with Crippen molar-refractivity contribution in [3.8, 4) is 0 Å². The van der Waals surface area contributed by atoms with E-state index in [-0.39, 0.29) is 12.4 Å². The molecule has 94 valence electrons. The molecule has 1 saturated carbocycles. The SMILES string of the molecule is CNCc1cc(F)ccc1N(CCO)C1CC1. The first-order chi connectivity index (χ1) is 8.26. The highest BCUT2D eigenvalue weighted by Crippen LogP contribution is 2.33. The average molecular weight is 238 g/mol. The van der Waals surface area contributed by atoms with Crippen LogP contribution in [0.4, 0.5) is 10.1 Å². The molecule has 17 heavy (non-hydrogen) atoms. The number of nitrogens with one attached hydrogen (secondary N) is 1. The van der Waals surface area contributed by atoms with Crippen molar-refractivity contribution in [2.24, 2.45) is 0 Å². The van der Waals surface area contributed by atoms with Crippen molar-refractivity contribution in [1.29, 1.82) is 0 Å². The molecule has 1 aromatic carbocycles. The molecule has 1 aliphatic carbocycles. The largest absolute Gasteiger partial charge is 0.395 e. The molecule has 0 aromatic heterocycles. The molecular weight excluding hydrogens is 219 g/mol. The van der Waals surface area contributed by atoms with Gasteiger partial charge in [0.1, 0.15) is 5.82 Å². The number of rotatable bonds is 6. The average Bonchev–Trinajstić information content (AvgIpc) is 3.11. The van der Waals surface area contributed by atoms with Gasteiger partial charge in [-0.3, -0.25) is 0 Å². The van der Waals surface area contributed by atoms with Crippen LogP contribution in [0.2, 0.25) is 0 Å². The Kier molecular flexibility index (Phi) is 3.97. The summed E-state index contributed by atoms with van der Waals surface area (Å²) in [5.74, 6) is -0.209. The Morgan fingerprint density at radius 1 is 1.47 bits per heavy atom. The Morgan fingerprint density at radius 2 is 2.24 bits per heavy atom. The molecule has 0 amide bonds. The lowest BCUT2D eigenvalue weighted by Crippen LogP contribution is -2.30. The second-order valence-electron chi connectivity index (χ2n) is 4.45. The third-order valence-electron chi connectivity index (χ3n) is 3.05. The van der Waals surface area contributed by atoms with Gasteiger partial charge in [0.05, 0.1) is 6.61 Å². The molecule has 4 heteroatoms. The minimum Gasteiger partial charge on any atom is -0.395 e. The lowest BCUT2D eigenvalue weighted by Gasteiger charge is -2.26. The molecule has 0 saturated heterocycles. The lowest BCUT2D eigenvalue weighted by molar-refractivity contribution is 0.301. The first-order valence-electron chi connectivity index (χ1n) is 6.06. The van der Waals surface area contributed by atoms with Crippen molar-refractivity contribution in [2.45, 2.75) is 25.4 Å². The molecule has 1 fully saturated rings. The van der Waals surface area contributed by atoms with Crippen LogP contribution in [0.15, 0.2) is 18.2 Å². The van der Waals surface area contributed by atoms with Gasteiger partial charge >= 0.3 is 0 Å². The third kappa shape index (κ3) is 2.96. The molecule has 1 aromatic rings. The molecule has 2 N–H and O–H groups in total. The second kappa shape index (κ2) is 5.47. The van der Waals surface area contributed by atoms with Crippen LogP contribution in [0.1, 0.15) is 18.4 Å². The van der Waals surface area contributed by atoms with Crippen LogP contribution in [0.3, 0.4) is 0 Å². The highest BCUT2D eigenvalue weighted by molar-refractivity contribution is 5.55. The number of aliphatic hydroxyl groups is 1. The molecule has 0 radical (unpaired) electrons. The zero-order chi connectivity index (χ0) is 12.3. The van der Waals surface area contributed by atoms with E-state index in [1.54, 1.807) is 6.07 Å². The van der Waals surface area contributed by atoms with Gasteiger partial charge in [-0.2, -0.15) is 0 Å². The van der Waals surface area contributed by atoms with Crippen molar-refractivity contribution in [1.82, 2.24) is 5.32 Å². The maximum Gasteiger partial charge on any atom is 0.123 e. The van der Waals surface area contributed by atoms with Gasteiger partial charge in [0.2, 0.25) is 0 Å². The van der Waals surface area contributed by atoms with Gasteiger partial charge in [-0.25, -0.2) is 4.39 Å². The zero-order valence-electron chi connectivity index (χ0n) is 10.1. The molecule has 0 aliphatic heterocycles. The van der Waals surface area contributed by atoms with E-state index in [0.29, 0.717) is 19.1 Å². The number of anilines is 1. The molecule has 0 spiro atoms. The van der Waals surface area contributed by atoms with Crippen LogP contribution in [0.5, 0.6) is 0 Å². The number of halogens is 1. The molecule has 0 unspecified atom stereocenters. The van der Waals surface area contributed by atoms with Crippen LogP contribution in [-0.2, 0) is 6.54 Å². The van der Waals surface area contributed by atoms with Gasteiger partial charge in [-0.05, 0) is 43.7 Å². The van der Waals surface area contributed by atoms with E-state index in [2.05, 4.69) is 10.2 Å². The van der Waals surface area contributed by atoms with E-state index in [4.69, 9.17) is 5.11 Å². The monoisotopic (exact) mass is 238 g/mol. The van der Waals surface area contributed by atoms with Crippen LogP contribution >= 0.6 is 0 Å². The number of hydrogen-bond acceptors (Lipinski definition) is 3. The van der Waals surface area contributed by atoms with E-state index < -0.39 is 0 Å². The predicted octanol–water partition coefficient (Wildman–Crippen LogP) is 1.51. The Bertz CT molecular complexity index is 380. The predicted molar refractivity (Wildman–Crippen MR) is 66.6 cm³/mol. The molecule has 0 atom stereocenters. The maximum atomic E-state index is 13.2. The smallest absolute Gasteiger partial charge is 0.123 e. The summed E-state index contributed by atoms with van der Waals surface area (Å²) in [5.41, 5.74) is 1.99. The lowest BCUT2D eigenvalue weighted by atomic mass is 10.1. The summed E-state index contributed by atoms with van der Waals surface area (Å²) in [4.78, 5) is 2.19. The summed E-state index contributed by atoms with van der Waals surface area (Å²) in [6.07, 6.45) is 2.33. The standard InChI is InChI=1S/C13H19FN2O/c1-15-9-10-8-11(14)2-5-13(10)16(6-7-17)12-3-4-12/h2,5,8,12,15,17H,3-4,6-7,9H2,1H3. The van der Waals surface area contributed by atoms with E-state index >= 15 is 0 Å². The quantitative estimate of drug-likeness (QED) is 0.788. The van der Waals surface area contributed by atoms with Gasteiger partial charge in [-0.15, -0.1) is 0 Å². The zero-order valence-corrected chi connectivity index (χ0v) is 10.1.